The molecule has 0 saturated carbocycles. The Morgan fingerprint density at radius 2 is 1.76 bits per heavy atom. The van der Waals surface area contributed by atoms with Gasteiger partial charge in [-0.25, -0.2) is 4.79 Å². The minimum absolute atomic E-state index is 0.0344. The van der Waals surface area contributed by atoms with Crippen LogP contribution in [0.5, 0.6) is 0 Å². The number of nitrogens with zero attached hydrogens (tertiary/aromatic N) is 1. The molecule has 0 aliphatic carbocycles. The molecule has 1 aliphatic heterocycles. The van der Waals surface area contributed by atoms with Crippen LogP contribution in [0, 0.1) is 0 Å². The average molecular weight is 301 g/mol. The molecule has 1 saturated heterocycles. The van der Waals surface area contributed by atoms with Crippen molar-refractivity contribution in [1.82, 2.24) is 4.90 Å². The lowest BCUT2D eigenvalue weighted by molar-refractivity contribution is -0.155. The molecular weight excluding hydrogens is 274 g/mol. The van der Waals surface area contributed by atoms with Gasteiger partial charge >= 0.3 is 12.1 Å². The van der Waals surface area contributed by atoms with Crippen molar-refractivity contribution in [2.45, 2.75) is 71.2 Å². The number of piperidine rings is 1. The van der Waals surface area contributed by atoms with Gasteiger partial charge in [0.2, 0.25) is 0 Å². The number of carbonyl (C=O) groups excluding carboxylic acids is 1. The van der Waals surface area contributed by atoms with Crippen LogP contribution in [0.3, 0.4) is 0 Å². The predicted octanol–water partition coefficient (Wildman–Crippen LogP) is 2.66. The highest BCUT2D eigenvalue weighted by Gasteiger charge is 2.40. The molecule has 21 heavy (non-hydrogen) atoms. The monoisotopic (exact) mass is 301 g/mol. The van der Waals surface area contributed by atoms with E-state index in [1.165, 1.54) is 0 Å². The second kappa shape index (κ2) is 6.64. The largest absolute Gasteiger partial charge is 0.481 e. The smallest absolute Gasteiger partial charge is 0.410 e. The van der Waals surface area contributed by atoms with E-state index in [9.17, 15) is 9.59 Å². The summed E-state index contributed by atoms with van der Waals surface area (Å²) in [5, 5.41) is 9.09. The second-order valence-corrected chi connectivity index (χ2v) is 6.89. The van der Waals surface area contributed by atoms with E-state index in [1.54, 1.807) is 4.90 Å². The maximum Gasteiger partial charge on any atom is 0.410 e. The molecule has 0 spiro atoms. The molecule has 1 heterocycles. The molecule has 0 aromatic heterocycles. The minimum atomic E-state index is -0.874. The molecule has 0 unspecified atom stereocenters. The third-order valence-electron chi connectivity index (χ3n) is 3.29. The summed E-state index contributed by atoms with van der Waals surface area (Å²) in [6.07, 6.45) is 0.592. The first kappa shape index (κ1) is 17.8. The van der Waals surface area contributed by atoms with Crippen LogP contribution in [0.2, 0.25) is 0 Å². The summed E-state index contributed by atoms with van der Waals surface area (Å²) in [7, 11) is 0. The van der Waals surface area contributed by atoms with Gasteiger partial charge in [-0.05, 0) is 47.5 Å². The molecule has 0 bridgehead atoms. The molecule has 0 atom stereocenters. The Morgan fingerprint density at radius 1 is 1.24 bits per heavy atom. The summed E-state index contributed by atoms with van der Waals surface area (Å²) in [6, 6.07) is 0. The van der Waals surface area contributed by atoms with Gasteiger partial charge in [0.25, 0.3) is 0 Å². The van der Waals surface area contributed by atoms with Crippen LogP contribution < -0.4 is 0 Å². The third kappa shape index (κ3) is 5.91. The number of ether oxygens (including phenoxy) is 2. The number of carbonyl (C=O) groups is 2. The average Bonchev–Trinajstić information content (AvgIpc) is 2.24. The predicted molar refractivity (Wildman–Crippen MR) is 78.2 cm³/mol. The first-order chi connectivity index (χ1) is 9.53. The Bertz CT molecular complexity index is 378. The van der Waals surface area contributed by atoms with E-state index in [-0.39, 0.29) is 18.6 Å². The lowest BCUT2D eigenvalue weighted by Gasteiger charge is -2.42. The fourth-order valence-corrected chi connectivity index (χ4v) is 2.54. The van der Waals surface area contributed by atoms with Crippen LogP contribution in [0.15, 0.2) is 0 Å². The van der Waals surface area contributed by atoms with E-state index in [2.05, 4.69) is 0 Å². The summed E-state index contributed by atoms with van der Waals surface area (Å²) in [5.41, 5.74) is -1.21. The topological polar surface area (TPSA) is 76.1 Å². The Balaban J connectivity index is 2.65. The number of rotatable bonds is 4. The Morgan fingerprint density at radius 3 is 2.14 bits per heavy atom. The molecular formula is C15H27NO5. The van der Waals surface area contributed by atoms with E-state index >= 15 is 0 Å². The molecule has 1 aliphatic rings. The van der Waals surface area contributed by atoms with Gasteiger partial charge in [0.05, 0.1) is 18.1 Å². The maximum atomic E-state index is 12.0. The quantitative estimate of drug-likeness (QED) is 0.864. The first-order valence-electron chi connectivity index (χ1n) is 7.40. The summed E-state index contributed by atoms with van der Waals surface area (Å²) in [4.78, 5) is 24.7. The summed E-state index contributed by atoms with van der Waals surface area (Å²) >= 11 is 0. The molecule has 1 fully saturated rings. The lowest BCUT2D eigenvalue weighted by Crippen LogP contribution is -2.50. The van der Waals surface area contributed by atoms with Crippen molar-refractivity contribution in [2.24, 2.45) is 0 Å². The number of hydrogen-bond acceptors (Lipinski definition) is 4. The molecule has 0 aromatic rings. The molecule has 1 N–H and O–H groups in total. The van der Waals surface area contributed by atoms with Crippen molar-refractivity contribution in [3.63, 3.8) is 0 Å². The van der Waals surface area contributed by atoms with Crippen molar-refractivity contribution in [3.8, 4) is 0 Å². The van der Waals surface area contributed by atoms with E-state index in [0.29, 0.717) is 25.9 Å². The molecule has 1 amide bonds. The van der Waals surface area contributed by atoms with E-state index in [0.717, 1.165) is 0 Å². The van der Waals surface area contributed by atoms with Gasteiger partial charge in [-0.1, -0.05) is 0 Å². The van der Waals surface area contributed by atoms with Crippen LogP contribution in [0.1, 0.15) is 53.9 Å². The zero-order valence-electron chi connectivity index (χ0n) is 13.6. The molecule has 122 valence electrons. The molecule has 0 aromatic carbocycles. The van der Waals surface area contributed by atoms with Crippen molar-refractivity contribution in [1.29, 1.82) is 0 Å². The zero-order valence-corrected chi connectivity index (χ0v) is 13.6. The lowest BCUT2D eigenvalue weighted by atomic mass is 9.87. The Hall–Kier alpha value is -1.30. The van der Waals surface area contributed by atoms with Gasteiger partial charge in [0, 0.05) is 13.1 Å². The first-order valence-corrected chi connectivity index (χ1v) is 7.40. The van der Waals surface area contributed by atoms with E-state index in [4.69, 9.17) is 14.6 Å². The summed E-state index contributed by atoms with van der Waals surface area (Å²) in [6.45, 7) is 10.2. The second-order valence-electron chi connectivity index (χ2n) is 6.89. The molecule has 6 heteroatoms. The normalized spacial score (nSPS) is 18.7. The number of amides is 1. The number of carboxylic acid groups (broad SMARTS) is 1. The Labute approximate surface area is 126 Å². The van der Waals surface area contributed by atoms with Gasteiger partial charge in [0.1, 0.15) is 5.60 Å². The van der Waals surface area contributed by atoms with Crippen LogP contribution in [-0.2, 0) is 14.3 Å². The van der Waals surface area contributed by atoms with Gasteiger partial charge in [0.15, 0.2) is 0 Å². The minimum Gasteiger partial charge on any atom is -0.481 e. The summed E-state index contributed by atoms with van der Waals surface area (Å²) in [5.74, 6) is -0.874. The van der Waals surface area contributed by atoms with E-state index in [1.807, 2.05) is 34.6 Å². The van der Waals surface area contributed by atoms with E-state index < -0.39 is 17.2 Å². The van der Waals surface area contributed by atoms with Crippen molar-refractivity contribution in [2.75, 3.05) is 13.1 Å². The highest BCUT2D eigenvalue weighted by molar-refractivity contribution is 5.69. The highest BCUT2D eigenvalue weighted by atomic mass is 16.6. The molecule has 6 nitrogen and oxygen atoms in total. The number of hydrogen-bond donors (Lipinski definition) is 1. The van der Waals surface area contributed by atoms with Gasteiger partial charge < -0.3 is 19.5 Å². The van der Waals surface area contributed by atoms with Crippen molar-refractivity contribution in [3.05, 3.63) is 0 Å². The zero-order chi connectivity index (χ0) is 16.3. The van der Waals surface area contributed by atoms with Crippen LogP contribution in [0.25, 0.3) is 0 Å². The summed E-state index contributed by atoms with van der Waals surface area (Å²) < 4.78 is 11.2. The number of carboxylic acids is 1. The molecule has 0 radical (unpaired) electrons. The SMILES string of the molecule is CC(C)OC1(CC(=O)O)CCN(C(=O)OC(C)(C)C)CC1. The van der Waals surface area contributed by atoms with Gasteiger partial charge in [-0.3, -0.25) is 4.79 Å². The van der Waals surface area contributed by atoms with Crippen molar-refractivity contribution < 1.29 is 24.2 Å². The maximum absolute atomic E-state index is 12.0. The third-order valence-corrected chi connectivity index (χ3v) is 3.29. The fourth-order valence-electron chi connectivity index (χ4n) is 2.54. The van der Waals surface area contributed by atoms with Crippen LogP contribution in [-0.4, -0.2) is 52.5 Å². The van der Waals surface area contributed by atoms with Crippen LogP contribution in [0.4, 0.5) is 4.79 Å². The number of aliphatic carboxylic acids is 1. The highest BCUT2D eigenvalue weighted by Crippen LogP contribution is 2.32. The van der Waals surface area contributed by atoms with Crippen molar-refractivity contribution >= 4 is 12.1 Å². The number of likely N-dealkylation sites (tertiary alicyclic amines) is 1. The molecule has 1 rings (SSSR count). The fraction of sp³-hybridized carbons (Fsp3) is 0.867. The van der Waals surface area contributed by atoms with Gasteiger partial charge in [-0.2, -0.15) is 0 Å². The van der Waals surface area contributed by atoms with Gasteiger partial charge in [-0.15, -0.1) is 0 Å². The standard InChI is InChI=1S/C15H27NO5/c1-11(2)20-15(10-12(17)18)6-8-16(9-7-15)13(19)21-14(3,4)5/h11H,6-10H2,1-5H3,(H,17,18). The van der Waals surface area contributed by atoms with Crippen LogP contribution >= 0.6 is 0 Å². The Kier molecular flexibility index (Phi) is 5.61.